The van der Waals surface area contributed by atoms with E-state index in [0.29, 0.717) is 6.61 Å². The van der Waals surface area contributed by atoms with E-state index < -0.39 is 5.54 Å². The molecule has 82 valence electrons. The molecule has 0 saturated carbocycles. The molecular weight excluding hydrogens is 194 g/mol. The van der Waals surface area contributed by atoms with Crippen molar-refractivity contribution in [3.05, 3.63) is 17.7 Å². The third kappa shape index (κ3) is 1.52. The van der Waals surface area contributed by atoms with Gasteiger partial charge in [0.25, 0.3) is 0 Å². The number of H-pyrrole nitrogens is 1. The van der Waals surface area contributed by atoms with Gasteiger partial charge in [-0.05, 0) is 13.8 Å². The summed E-state index contributed by atoms with van der Waals surface area (Å²) in [4.78, 5) is 19.1. The van der Waals surface area contributed by atoms with Gasteiger partial charge in [-0.2, -0.15) is 0 Å². The van der Waals surface area contributed by atoms with Crippen molar-refractivity contribution in [1.29, 1.82) is 0 Å². The lowest BCUT2D eigenvalue weighted by Gasteiger charge is -2.31. The van der Waals surface area contributed by atoms with E-state index in [0.717, 1.165) is 24.4 Å². The number of nitrogens with one attached hydrogen (secondary N) is 2. The second kappa shape index (κ2) is 3.66. The number of carbonyl (C=O) groups excluding carboxylic acids is 1. The number of carbonyl (C=O) groups is 1. The van der Waals surface area contributed by atoms with Crippen LogP contribution in [0.25, 0.3) is 0 Å². The van der Waals surface area contributed by atoms with Crippen LogP contribution in [0.1, 0.15) is 25.2 Å². The van der Waals surface area contributed by atoms with Crippen molar-refractivity contribution in [1.82, 2.24) is 15.3 Å². The molecule has 1 aliphatic heterocycles. The largest absolute Gasteiger partial charge is 0.464 e. The summed E-state index contributed by atoms with van der Waals surface area (Å²) in [5, 5.41) is 3.17. The van der Waals surface area contributed by atoms with Crippen LogP contribution in [0.4, 0.5) is 0 Å². The number of imidazole rings is 1. The van der Waals surface area contributed by atoms with Gasteiger partial charge in [-0.3, -0.25) is 5.32 Å². The van der Waals surface area contributed by atoms with Crippen molar-refractivity contribution in [3.8, 4) is 0 Å². The van der Waals surface area contributed by atoms with Crippen molar-refractivity contribution >= 4 is 5.97 Å². The molecule has 5 nitrogen and oxygen atoms in total. The van der Waals surface area contributed by atoms with Gasteiger partial charge in [-0.25, -0.2) is 9.78 Å². The number of hydrogen-bond acceptors (Lipinski definition) is 4. The van der Waals surface area contributed by atoms with Crippen LogP contribution in [0.5, 0.6) is 0 Å². The van der Waals surface area contributed by atoms with Crippen LogP contribution in [0.15, 0.2) is 6.33 Å². The lowest BCUT2D eigenvalue weighted by Crippen LogP contribution is -2.51. The van der Waals surface area contributed by atoms with Gasteiger partial charge in [-0.1, -0.05) is 0 Å². The molecular formula is C10H15N3O2. The molecule has 5 heteroatoms. The van der Waals surface area contributed by atoms with E-state index in [2.05, 4.69) is 15.3 Å². The number of esters is 1. The molecule has 1 aromatic heterocycles. The minimum absolute atomic E-state index is 0.266. The first kappa shape index (κ1) is 10.2. The van der Waals surface area contributed by atoms with Crippen LogP contribution in [-0.4, -0.2) is 29.1 Å². The van der Waals surface area contributed by atoms with Crippen molar-refractivity contribution in [2.75, 3.05) is 13.2 Å². The average molecular weight is 209 g/mol. The van der Waals surface area contributed by atoms with E-state index >= 15 is 0 Å². The Kier molecular flexibility index (Phi) is 2.48. The zero-order valence-corrected chi connectivity index (χ0v) is 8.96. The van der Waals surface area contributed by atoms with Crippen LogP contribution >= 0.6 is 0 Å². The number of hydrogen-bond donors (Lipinski definition) is 2. The SMILES string of the molecule is CCOC(=O)C1(C)NCCc2[nH]cnc21. The van der Waals surface area contributed by atoms with E-state index in [1.165, 1.54) is 0 Å². The Morgan fingerprint density at radius 1 is 1.73 bits per heavy atom. The lowest BCUT2D eigenvalue weighted by molar-refractivity contribution is -0.151. The van der Waals surface area contributed by atoms with Crippen molar-refractivity contribution < 1.29 is 9.53 Å². The predicted molar refractivity (Wildman–Crippen MR) is 54.3 cm³/mol. The monoisotopic (exact) mass is 209 g/mol. The number of rotatable bonds is 2. The molecule has 0 fully saturated rings. The number of ether oxygens (including phenoxy) is 1. The first-order valence-corrected chi connectivity index (χ1v) is 5.13. The summed E-state index contributed by atoms with van der Waals surface area (Å²) in [7, 11) is 0. The van der Waals surface area contributed by atoms with Gasteiger partial charge in [0, 0.05) is 18.7 Å². The number of nitrogens with zero attached hydrogens (tertiary/aromatic N) is 1. The molecule has 1 atom stereocenters. The van der Waals surface area contributed by atoms with E-state index in [-0.39, 0.29) is 5.97 Å². The standard InChI is InChI=1S/C10H15N3O2/c1-3-15-9(14)10(2)8-7(4-5-13-10)11-6-12-8/h6,13H,3-5H2,1-2H3,(H,11,12). The molecule has 2 heterocycles. The smallest absolute Gasteiger partial charge is 0.332 e. The maximum atomic E-state index is 11.8. The lowest BCUT2D eigenvalue weighted by atomic mass is 9.91. The highest BCUT2D eigenvalue weighted by molar-refractivity contribution is 5.82. The highest BCUT2D eigenvalue weighted by atomic mass is 16.5. The molecule has 0 amide bonds. The molecule has 0 aromatic carbocycles. The quantitative estimate of drug-likeness (QED) is 0.689. The molecule has 1 unspecified atom stereocenters. The fourth-order valence-electron chi connectivity index (χ4n) is 1.91. The summed E-state index contributed by atoms with van der Waals surface area (Å²) in [5.74, 6) is -0.266. The van der Waals surface area contributed by atoms with E-state index in [1.54, 1.807) is 13.3 Å². The minimum atomic E-state index is -0.802. The zero-order chi connectivity index (χ0) is 10.9. The molecule has 15 heavy (non-hydrogen) atoms. The van der Waals surface area contributed by atoms with Crippen molar-refractivity contribution in [3.63, 3.8) is 0 Å². The van der Waals surface area contributed by atoms with Crippen LogP contribution in [0, 0.1) is 0 Å². The van der Waals surface area contributed by atoms with E-state index in [9.17, 15) is 4.79 Å². The van der Waals surface area contributed by atoms with Crippen LogP contribution in [0.2, 0.25) is 0 Å². The second-order valence-electron chi connectivity index (χ2n) is 3.75. The maximum absolute atomic E-state index is 11.8. The molecule has 0 saturated heterocycles. The van der Waals surface area contributed by atoms with E-state index in [4.69, 9.17) is 4.74 Å². The Bertz CT molecular complexity index is 374. The third-order valence-electron chi connectivity index (χ3n) is 2.73. The minimum Gasteiger partial charge on any atom is -0.464 e. The molecule has 2 N–H and O–H groups in total. The summed E-state index contributed by atoms with van der Waals surface area (Å²) in [6, 6.07) is 0. The molecule has 0 radical (unpaired) electrons. The number of fused-ring (bicyclic) bond motifs is 1. The zero-order valence-electron chi connectivity index (χ0n) is 8.96. The summed E-state index contributed by atoms with van der Waals surface area (Å²) in [5.41, 5.74) is 0.973. The Morgan fingerprint density at radius 2 is 2.53 bits per heavy atom. The highest BCUT2D eigenvalue weighted by Gasteiger charge is 2.42. The van der Waals surface area contributed by atoms with Crippen molar-refractivity contribution in [2.24, 2.45) is 0 Å². The number of aromatic amines is 1. The van der Waals surface area contributed by atoms with Gasteiger partial charge in [0.2, 0.25) is 0 Å². The van der Waals surface area contributed by atoms with Crippen molar-refractivity contribution in [2.45, 2.75) is 25.8 Å². The van der Waals surface area contributed by atoms with Crippen LogP contribution in [0.3, 0.4) is 0 Å². The molecule has 0 spiro atoms. The average Bonchev–Trinajstić information content (AvgIpc) is 2.68. The Balaban J connectivity index is 2.34. The molecule has 0 aliphatic carbocycles. The molecule has 2 rings (SSSR count). The van der Waals surface area contributed by atoms with E-state index in [1.807, 2.05) is 6.92 Å². The van der Waals surface area contributed by atoms with Crippen LogP contribution in [-0.2, 0) is 21.5 Å². The van der Waals surface area contributed by atoms with Gasteiger partial charge in [0.1, 0.15) is 0 Å². The van der Waals surface area contributed by atoms with Gasteiger partial charge in [0.05, 0.1) is 18.6 Å². The molecule has 0 bridgehead atoms. The Hall–Kier alpha value is -1.36. The fraction of sp³-hybridized carbons (Fsp3) is 0.600. The Morgan fingerprint density at radius 3 is 3.27 bits per heavy atom. The predicted octanol–water partition coefficient (Wildman–Crippen LogP) is 0.334. The fourth-order valence-corrected chi connectivity index (χ4v) is 1.91. The van der Waals surface area contributed by atoms with Gasteiger partial charge in [-0.15, -0.1) is 0 Å². The molecule has 1 aromatic rings. The Labute approximate surface area is 88.2 Å². The summed E-state index contributed by atoms with van der Waals surface area (Å²) < 4.78 is 5.06. The van der Waals surface area contributed by atoms with Gasteiger partial charge < -0.3 is 9.72 Å². The maximum Gasteiger partial charge on any atom is 0.332 e. The normalized spacial score (nSPS) is 24.7. The second-order valence-corrected chi connectivity index (χ2v) is 3.75. The summed E-state index contributed by atoms with van der Waals surface area (Å²) in [6.45, 7) is 4.75. The van der Waals surface area contributed by atoms with Crippen LogP contribution < -0.4 is 5.32 Å². The van der Waals surface area contributed by atoms with Gasteiger partial charge >= 0.3 is 5.97 Å². The topological polar surface area (TPSA) is 67.0 Å². The first-order valence-electron chi connectivity index (χ1n) is 5.13. The highest BCUT2D eigenvalue weighted by Crippen LogP contribution is 2.26. The third-order valence-corrected chi connectivity index (χ3v) is 2.73. The summed E-state index contributed by atoms with van der Waals surface area (Å²) >= 11 is 0. The summed E-state index contributed by atoms with van der Waals surface area (Å²) in [6.07, 6.45) is 2.49. The first-order chi connectivity index (χ1) is 7.18. The number of aromatic nitrogens is 2. The van der Waals surface area contributed by atoms with Gasteiger partial charge in [0.15, 0.2) is 5.54 Å². The molecule has 1 aliphatic rings.